The topological polar surface area (TPSA) is 88.4 Å². The molecule has 2 unspecified atom stereocenters. The molecule has 0 spiro atoms. The zero-order valence-electron chi connectivity index (χ0n) is 17.4. The first-order valence-corrected chi connectivity index (χ1v) is 10.4. The first-order valence-electron chi connectivity index (χ1n) is 10.4. The van der Waals surface area contributed by atoms with Crippen molar-refractivity contribution in [3.05, 3.63) is 59.6 Å². The molecule has 156 valence electrons. The number of fused-ring (bicyclic) bond motifs is 1. The van der Waals surface area contributed by atoms with Gasteiger partial charge >= 0.3 is 0 Å². The first kappa shape index (κ1) is 19.2. The summed E-state index contributed by atoms with van der Waals surface area (Å²) in [6.45, 7) is 3.89. The Hall–Kier alpha value is -3.74. The molecule has 0 saturated heterocycles. The van der Waals surface area contributed by atoms with E-state index in [1.165, 1.54) is 0 Å². The van der Waals surface area contributed by atoms with Gasteiger partial charge in [0.1, 0.15) is 12.1 Å². The summed E-state index contributed by atoms with van der Waals surface area (Å²) in [5, 5.41) is 10.7. The Kier molecular flexibility index (Phi) is 4.66. The molecule has 2 N–H and O–H groups in total. The molecule has 1 aromatic heterocycles. The maximum Gasteiger partial charge on any atom is 0.256 e. The molecular weight excluding hydrogens is 390 g/mol. The predicted molar refractivity (Wildman–Crippen MR) is 121 cm³/mol. The van der Waals surface area contributed by atoms with Gasteiger partial charge in [0.05, 0.1) is 12.2 Å². The summed E-state index contributed by atoms with van der Waals surface area (Å²) in [5.74, 6) is 0.703. The van der Waals surface area contributed by atoms with Crippen molar-refractivity contribution < 1.29 is 9.59 Å². The molecule has 0 bridgehead atoms. The lowest BCUT2D eigenvalue weighted by Gasteiger charge is -2.14. The number of benzene rings is 1. The van der Waals surface area contributed by atoms with E-state index < -0.39 is 0 Å². The van der Waals surface area contributed by atoms with Crippen molar-refractivity contribution in [1.82, 2.24) is 15.1 Å². The lowest BCUT2D eigenvalue weighted by molar-refractivity contribution is -0.110. The largest absolute Gasteiger partial charge is 0.381 e. The molecule has 2 aromatic rings. The summed E-state index contributed by atoms with van der Waals surface area (Å²) < 4.78 is 1.78. The molecule has 0 fully saturated rings. The van der Waals surface area contributed by atoms with E-state index in [0.29, 0.717) is 5.57 Å². The third kappa shape index (κ3) is 3.32. The second-order valence-corrected chi connectivity index (χ2v) is 8.08. The van der Waals surface area contributed by atoms with Crippen LogP contribution >= 0.6 is 0 Å². The number of carbonyl (C=O) groups excluding carboxylic acids is 2. The number of amides is 1. The van der Waals surface area contributed by atoms with Crippen molar-refractivity contribution in [3.8, 4) is 11.1 Å². The Bertz CT molecular complexity index is 1210. The molecule has 1 amide bonds. The Balaban J connectivity index is 1.47. The maximum absolute atomic E-state index is 12.7. The second-order valence-electron chi connectivity index (χ2n) is 8.08. The molecule has 7 nitrogen and oxygen atoms in total. The number of anilines is 1. The van der Waals surface area contributed by atoms with E-state index in [2.05, 4.69) is 26.8 Å². The summed E-state index contributed by atoms with van der Waals surface area (Å²) in [6.07, 6.45) is 12.5. The second kappa shape index (κ2) is 7.50. The van der Waals surface area contributed by atoms with Crippen molar-refractivity contribution in [2.75, 3.05) is 5.32 Å². The van der Waals surface area contributed by atoms with Gasteiger partial charge in [0.15, 0.2) is 0 Å². The number of hydrogen-bond donors (Lipinski definition) is 2. The van der Waals surface area contributed by atoms with Gasteiger partial charge in [-0.15, -0.1) is 0 Å². The molecule has 3 aliphatic heterocycles. The zero-order chi connectivity index (χ0) is 21.5. The lowest BCUT2D eigenvalue weighted by Crippen LogP contribution is -2.25. The fourth-order valence-corrected chi connectivity index (χ4v) is 4.34. The standard InChI is InChI=1S/C24H23N5O2/c1-14-20(13-30)15(2)27-22(14)10-19-18-9-16(6-7-21(18)28-24(19)31)17-11-26-29(12-17)23-5-3-4-8-25-23/h5-14,22,27H,3-4H2,1-2H3,(H,28,31)/b19-10-. The minimum Gasteiger partial charge on any atom is -0.381 e. The summed E-state index contributed by atoms with van der Waals surface area (Å²) in [5.41, 5.74) is 5.81. The molecule has 0 saturated carbocycles. The van der Waals surface area contributed by atoms with E-state index in [1.807, 2.05) is 56.7 Å². The molecule has 0 radical (unpaired) electrons. The van der Waals surface area contributed by atoms with Crippen molar-refractivity contribution in [3.63, 3.8) is 0 Å². The van der Waals surface area contributed by atoms with E-state index in [1.54, 1.807) is 4.68 Å². The van der Waals surface area contributed by atoms with Crippen LogP contribution in [0, 0.1) is 5.92 Å². The zero-order valence-corrected chi connectivity index (χ0v) is 17.4. The van der Waals surface area contributed by atoms with E-state index in [9.17, 15) is 9.59 Å². The Morgan fingerprint density at radius 1 is 1.23 bits per heavy atom. The summed E-state index contributed by atoms with van der Waals surface area (Å²) in [7, 11) is 0. The van der Waals surface area contributed by atoms with Gasteiger partial charge in [-0.3, -0.25) is 9.59 Å². The third-order valence-corrected chi connectivity index (χ3v) is 6.12. The Morgan fingerprint density at radius 3 is 2.84 bits per heavy atom. The van der Waals surface area contributed by atoms with Crippen LogP contribution in [0.3, 0.4) is 0 Å². The summed E-state index contributed by atoms with van der Waals surface area (Å²) in [6, 6.07) is 5.81. The van der Waals surface area contributed by atoms with Gasteiger partial charge in [-0.05, 0) is 49.6 Å². The molecule has 1 aromatic carbocycles. The van der Waals surface area contributed by atoms with E-state index in [0.717, 1.165) is 58.6 Å². The maximum atomic E-state index is 12.7. The molecule has 2 atom stereocenters. The molecule has 31 heavy (non-hydrogen) atoms. The van der Waals surface area contributed by atoms with Crippen LogP contribution in [0.25, 0.3) is 22.5 Å². The van der Waals surface area contributed by atoms with Gasteiger partial charge < -0.3 is 10.6 Å². The van der Waals surface area contributed by atoms with Gasteiger partial charge in [0.25, 0.3) is 5.91 Å². The number of aromatic nitrogens is 2. The highest BCUT2D eigenvalue weighted by atomic mass is 16.2. The Morgan fingerprint density at radius 2 is 2.10 bits per heavy atom. The van der Waals surface area contributed by atoms with E-state index >= 15 is 0 Å². The number of allylic oxidation sites excluding steroid dienone is 2. The molecule has 3 aliphatic rings. The smallest absolute Gasteiger partial charge is 0.256 e. The fraction of sp³-hybridized carbons (Fsp3) is 0.250. The Labute approximate surface area is 180 Å². The number of aldehydes is 1. The minimum absolute atomic E-state index is 0.00703. The van der Waals surface area contributed by atoms with Gasteiger partial charge in [-0.2, -0.15) is 5.10 Å². The quantitative estimate of drug-likeness (QED) is 0.592. The first-order chi connectivity index (χ1) is 15.0. The normalized spacial score (nSPS) is 23.6. The molecule has 0 aliphatic carbocycles. The molecule has 4 heterocycles. The van der Waals surface area contributed by atoms with Crippen LogP contribution in [0.15, 0.2) is 59.0 Å². The van der Waals surface area contributed by atoms with Gasteiger partial charge in [-0.25, -0.2) is 9.67 Å². The number of nitrogens with zero attached hydrogens (tertiary/aromatic N) is 3. The molecule has 5 rings (SSSR count). The molecule has 7 heteroatoms. The minimum atomic E-state index is -0.129. The predicted octanol–water partition coefficient (Wildman–Crippen LogP) is 3.63. The van der Waals surface area contributed by atoms with Crippen LogP contribution in [0.2, 0.25) is 0 Å². The van der Waals surface area contributed by atoms with Crippen LogP contribution in [0.5, 0.6) is 0 Å². The number of carbonyl (C=O) groups is 2. The van der Waals surface area contributed by atoms with Gasteiger partial charge in [0, 0.05) is 52.0 Å². The average Bonchev–Trinajstić information content (AvgIpc) is 3.46. The third-order valence-electron chi connectivity index (χ3n) is 6.12. The monoisotopic (exact) mass is 413 g/mol. The van der Waals surface area contributed by atoms with Crippen molar-refractivity contribution in [2.45, 2.75) is 32.7 Å². The molecular formula is C24H23N5O2. The van der Waals surface area contributed by atoms with Gasteiger partial charge in [-0.1, -0.05) is 13.0 Å². The number of aliphatic imine (C=N–C) groups is 1. The highest BCUT2D eigenvalue weighted by Gasteiger charge is 2.31. The van der Waals surface area contributed by atoms with Crippen LogP contribution in [0.1, 0.15) is 32.3 Å². The van der Waals surface area contributed by atoms with E-state index in [4.69, 9.17) is 0 Å². The van der Waals surface area contributed by atoms with E-state index in [-0.39, 0.29) is 17.9 Å². The SMILES string of the molecule is CC1=C(C=O)C(C)C(/C=C2\C(=O)Nc3ccc(-c4cnn(C5=CCCC=N5)c4)cc32)N1. The highest BCUT2D eigenvalue weighted by molar-refractivity contribution is 6.31. The lowest BCUT2D eigenvalue weighted by atomic mass is 9.93. The van der Waals surface area contributed by atoms with Crippen LogP contribution < -0.4 is 10.6 Å². The van der Waals surface area contributed by atoms with Crippen LogP contribution in [0.4, 0.5) is 5.69 Å². The van der Waals surface area contributed by atoms with Crippen molar-refractivity contribution in [1.29, 1.82) is 0 Å². The van der Waals surface area contributed by atoms with Crippen LogP contribution in [-0.4, -0.2) is 34.2 Å². The number of nitrogens with one attached hydrogen (secondary N) is 2. The number of rotatable bonds is 4. The van der Waals surface area contributed by atoms with Crippen molar-refractivity contribution in [2.24, 2.45) is 10.9 Å². The fourth-order valence-electron chi connectivity index (χ4n) is 4.34. The number of hydrogen-bond acceptors (Lipinski definition) is 5. The average molecular weight is 413 g/mol. The highest BCUT2D eigenvalue weighted by Crippen LogP contribution is 2.37. The van der Waals surface area contributed by atoms with Crippen molar-refractivity contribution >= 4 is 35.5 Å². The van der Waals surface area contributed by atoms with Crippen LogP contribution in [-0.2, 0) is 9.59 Å². The summed E-state index contributed by atoms with van der Waals surface area (Å²) >= 11 is 0. The van der Waals surface area contributed by atoms with Gasteiger partial charge in [0.2, 0.25) is 0 Å². The summed E-state index contributed by atoms with van der Waals surface area (Å²) in [4.78, 5) is 28.5.